The van der Waals surface area contributed by atoms with Gasteiger partial charge in [-0.05, 0) is 24.3 Å². The fraction of sp³-hybridized carbons (Fsp3) is 0.320. The van der Waals surface area contributed by atoms with Crippen LogP contribution < -0.4 is 10.6 Å². The summed E-state index contributed by atoms with van der Waals surface area (Å²) < 4.78 is 69.9. The van der Waals surface area contributed by atoms with Crippen LogP contribution in [0.3, 0.4) is 0 Å². The molecule has 0 fully saturated rings. The highest BCUT2D eigenvalue weighted by molar-refractivity contribution is 5.88. The predicted octanol–water partition coefficient (Wildman–Crippen LogP) is 4.45. The van der Waals surface area contributed by atoms with E-state index in [2.05, 4.69) is 10.6 Å². The van der Waals surface area contributed by atoms with Crippen LogP contribution in [-0.4, -0.2) is 29.0 Å². The molecule has 6 nitrogen and oxygen atoms in total. The van der Waals surface area contributed by atoms with Gasteiger partial charge in [0.25, 0.3) is 0 Å². The highest BCUT2D eigenvalue weighted by atomic mass is 19.2. The van der Waals surface area contributed by atoms with Gasteiger partial charge in [0, 0.05) is 6.92 Å². The number of nitriles is 1. The van der Waals surface area contributed by atoms with Crippen molar-refractivity contribution < 1.29 is 36.6 Å². The highest BCUT2D eigenvalue weighted by Gasteiger charge is 2.32. The number of amides is 2. The maximum Gasteiger partial charge on any atom is 0.243 e. The van der Waals surface area contributed by atoms with E-state index >= 15 is 0 Å². The summed E-state index contributed by atoms with van der Waals surface area (Å²) in [6, 6.07) is 6.82. The quantitative estimate of drug-likeness (QED) is 0.153. The summed E-state index contributed by atoms with van der Waals surface area (Å²) in [6.45, 7) is 4.77. The molecule has 0 aliphatic heterocycles. The van der Waals surface area contributed by atoms with Gasteiger partial charge in [0.15, 0.2) is 23.3 Å². The fourth-order valence-electron chi connectivity index (χ4n) is 3.53. The summed E-state index contributed by atoms with van der Waals surface area (Å²) in [4.78, 5) is 24.6. The molecule has 0 bridgehead atoms. The molecule has 0 aromatic heterocycles. The molecule has 2 atom stereocenters. The van der Waals surface area contributed by atoms with E-state index in [4.69, 9.17) is 0 Å². The topological polar surface area (TPSA) is 102 Å². The van der Waals surface area contributed by atoms with Gasteiger partial charge in [-0.3, -0.25) is 9.59 Å². The van der Waals surface area contributed by atoms with E-state index in [1.54, 1.807) is 44.2 Å². The number of rotatable bonds is 9. The molecular weight excluding hydrogens is 485 g/mol. The minimum Gasteiger partial charge on any atom is -0.509 e. The number of halogens is 5. The largest absolute Gasteiger partial charge is 0.509 e. The molecule has 0 saturated carbocycles. The summed E-state index contributed by atoms with van der Waals surface area (Å²) in [7, 11) is 0. The Kier molecular flexibility index (Phi) is 9.55. The van der Waals surface area contributed by atoms with Gasteiger partial charge in [-0.1, -0.05) is 44.2 Å². The number of aliphatic hydroxyl groups is 1. The summed E-state index contributed by atoms with van der Waals surface area (Å²) in [5.41, 5.74) is -2.37. The molecular formula is C25H24F5N3O3. The monoisotopic (exact) mass is 509 g/mol. The van der Waals surface area contributed by atoms with Crippen LogP contribution in [0.1, 0.15) is 38.3 Å². The summed E-state index contributed by atoms with van der Waals surface area (Å²) in [5, 5.41) is 25.3. The van der Waals surface area contributed by atoms with Gasteiger partial charge in [0.1, 0.15) is 23.4 Å². The molecule has 11 heteroatoms. The molecule has 2 rings (SSSR count). The summed E-state index contributed by atoms with van der Waals surface area (Å²) >= 11 is 0. The van der Waals surface area contributed by atoms with Gasteiger partial charge < -0.3 is 15.7 Å². The molecule has 3 N–H and O–H groups in total. The van der Waals surface area contributed by atoms with E-state index in [0.717, 1.165) is 0 Å². The molecule has 0 radical (unpaired) electrons. The molecule has 0 aliphatic carbocycles. The maximum absolute atomic E-state index is 14.4. The van der Waals surface area contributed by atoms with E-state index in [9.17, 15) is 41.9 Å². The number of carbonyl (C=O) groups excluding carboxylic acids is 2. The number of benzene rings is 2. The van der Waals surface area contributed by atoms with E-state index in [1.807, 2.05) is 0 Å². The fourth-order valence-corrected chi connectivity index (χ4v) is 3.53. The standard InChI is InChI=1S/C25H24F5N3O3/c1-12(2)9-17(32-13(3)34)25(36)33-16(10-14-7-5-4-6-8-14)24(35)15(11-31)18-19(26)21(28)23(30)22(29)20(18)27/h4-8,12,16-17,35H,9-10H2,1-3H3,(H,32,34)(H,33,36)/b24-15-/t16-,17-/m0/s1. The Hall–Kier alpha value is -3.94. The third kappa shape index (κ3) is 6.59. The zero-order chi connectivity index (χ0) is 27.2. The van der Waals surface area contributed by atoms with Crippen molar-refractivity contribution in [1.82, 2.24) is 10.6 Å². The normalized spacial score (nSPS) is 13.4. The van der Waals surface area contributed by atoms with Crippen molar-refractivity contribution in [3.63, 3.8) is 0 Å². The Morgan fingerprint density at radius 3 is 1.92 bits per heavy atom. The van der Waals surface area contributed by atoms with E-state index in [-0.39, 0.29) is 18.8 Å². The number of carbonyl (C=O) groups is 2. The first-order valence-corrected chi connectivity index (χ1v) is 10.8. The Labute approximate surface area is 204 Å². The average Bonchev–Trinajstić information content (AvgIpc) is 2.83. The van der Waals surface area contributed by atoms with Crippen molar-refractivity contribution in [3.8, 4) is 6.07 Å². The van der Waals surface area contributed by atoms with Crippen LogP contribution >= 0.6 is 0 Å². The third-order valence-corrected chi connectivity index (χ3v) is 5.16. The Morgan fingerprint density at radius 1 is 0.917 bits per heavy atom. The van der Waals surface area contributed by atoms with Gasteiger partial charge >= 0.3 is 0 Å². The van der Waals surface area contributed by atoms with E-state index in [0.29, 0.717) is 5.56 Å². The van der Waals surface area contributed by atoms with Crippen molar-refractivity contribution >= 4 is 17.4 Å². The predicted molar refractivity (Wildman–Crippen MR) is 121 cm³/mol. The van der Waals surface area contributed by atoms with Crippen molar-refractivity contribution in [2.45, 2.75) is 45.7 Å². The van der Waals surface area contributed by atoms with Gasteiger partial charge in [0.05, 0.1) is 11.6 Å². The molecule has 192 valence electrons. The Bertz CT molecular complexity index is 1180. The molecule has 2 amide bonds. The molecule has 0 aliphatic rings. The van der Waals surface area contributed by atoms with Gasteiger partial charge in [-0.15, -0.1) is 0 Å². The lowest BCUT2D eigenvalue weighted by atomic mass is 9.96. The van der Waals surface area contributed by atoms with Gasteiger partial charge in [0.2, 0.25) is 17.6 Å². The third-order valence-electron chi connectivity index (χ3n) is 5.16. The van der Waals surface area contributed by atoms with Crippen molar-refractivity contribution in [2.75, 3.05) is 0 Å². The van der Waals surface area contributed by atoms with E-state index < -0.39 is 69.9 Å². The van der Waals surface area contributed by atoms with Crippen LogP contribution in [0, 0.1) is 46.3 Å². The molecule has 0 unspecified atom stereocenters. The number of nitrogens with one attached hydrogen (secondary N) is 2. The van der Waals surface area contributed by atoms with Crippen LogP contribution in [0.2, 0.25) is 0 Å². The Balaban J connectivity index is 2.63. The average molecular weight is 509 g/mol. The first-order chi connectivity index (χ1) is 16.9. The number of allylic oxidation sites excluding steroid dienone is 1. The Morgan fingerprint density at radius 2 is 1.44 bits per heavy atom. The van der Waals surface area contributed by atoms with Crippen LogP contribution in [0.15, 0.2) is 36.1 Å². The number of hydrogen-bond donors (Lipinski definition) is 3. The van der Waals surface area contributed by atoms with Crippen LogP contribution in [0.25, 0.3) is 5.57 Å². The molecule has 2 aromatic carbocycles. The summed E-state index contributed by atoms with van der Waals surface area (Å²) in [5.74, 6) is -14.1. The van der Waals surface area contributed by atoms with Gasteiger partial charge in [-0.2, -0.15) is 5.26 Å². The molecule has 2 aromatic rings. The molecule has 36 heavy (non-hydrogen) atoms. The minimum absolute atomic E-state index is 0.0488. The molecule has 0 heterocycles. The zero-order valence-electron chi connectivity index (χ0n) is 19.6. The lowest BCUT2D eigenvalue weighted by molar-refractivity contribution is -0.128. The second kappa shape index (κ2) is 12.2. The minimum atomic E-state index is -2.42. The van der Waals surface area contributed by atoms with E-state index in [1.165, 1.54) is 13.0 Å². The zero-order valence-corrected chi connectivity index (χ0v) is 19.6. The van der Waals surface area contributed by atoms with Crippen molar-refractivity contribution in [1.29, 1.82) is 5.26 Å². The van der Waals surface area contributed by atoms with Crippen molar-refractivity contribution in [3.05, 3.63) is 76.3 Å². The van der Waals surface area contributed by atoms with Crippen molar-refractivity contribution in [2.24, 2.45) is 5.92 Å². The van der Waals surface area contributed by atoms with Crippen LogP contribution in [0.4, 0.5) is 22.0 Å². The van der Waals surface area contributed by atoms with Crippen LogP contribution in [0.5, 0.6) is 0 Å². The lowest BCUT2D eigenvalue weighted by Crippen LogP contribution is -2.50. The van der Waals surface area contributed by atoms with Gasteiger partial charge in [-0.25, -0.2) is 22.0 Å². The highest BCUT2D eigenvalue weighted by Crippen LogP contribution is 2.30. The first-order valence-electron chi connectivity index (χ1n) is 10.8. The second-order valence-electron chi connectivity index (χ2n) is 8.45. The number of aliphatic hydroxyl groups excluding tert-OH is 1. The second-order valence-corrected chi connectivity index (χ2v) is 8.45. The molecule has 0 saturated heterocycles. The first kappa shape index (κ1) is 28.3. The maximum atomic E-state index is 14.4. The number of nitrogens with zero attached hydrogens (tertiary/aromatic N) is 1. The number of hydrogen-bond acceptors (Lipinski definition) is 4. The SMILES string of the molecule is CC(=O)N[C@@H](CC(C)C)C(=O)N[C@@H](Cc1ccccc1)/C(O)=C(\C#N)c1c(F)c(F)c(F)c(F)c1F. The molecule has 0 spiro atoms. The smallest absolute Gasteiger partial charge is 0.243 e. The van der Waals surface area contributed by atoms with Crippen LogP contribution in [-0.2, 0) is 16.0 Å². The summed E-state index contributed by atoms with van der Waals surface area (Å²) in [6.07, 6.45) is -0.0237. The lowest BCUT2D eigenvalue weighted by Gasteiger charge is -2.25.